The molecule has 0 saturated carbocycles. The third-order valence-electron chi connectivity index (χ3n) is 0.973. The highest BCUT2D eigenvalue weighted by Crippen LogP contribution is 1.85. The minimum absolute atomic E-state index is 0.407. The van der Waals surface area contributed by atoms with Gasteiger partial charge in [-0.1, -0.05) is 6.92 Å². The largest absolute Gasteiger partial charge is 0.448 e. The monoisotopic (exact) mass is 195 g/mol. The van der Waals surface area contributed by atoms with Crippen molar-refractivity contribution in [2.45, 2.75) is 19.8 Å². The molecule has 0 spiro atoms. The minimum Gasteiger partial charge on any atom is -0.448 e. The number of hydroxylamine groups is 1. The molecule has 0 rings (SSSR count). The van der Waals surface area contributed by atoms with E-state index in [1.54, 1.807) is 0 Å². The first-order valence-electron chi connectivity index (χ1n) is 3.91. The van der Waals surface area contributed by atoms with Crippen molar-refractivity contribution < 1.29 is 14.4 Å². The highest BCUT2D eigenvalue weighted by Gasteiger charge is 1.98. The van der Waals surface area contributed by atoms with Gasteiger partial charge >= 0.3 is 6.09 Å². The number of amides is 1. The standard InChI is InChI=1S/C7H14ClNO3/c1-2-5-11-7(10)9-12-6-3-4-8/h2-6H2,1H3,(H,9,10). The molecule has 0 heterocycles. The van der Waals surface area contributed by atoms with Crippen LogP contribution in [0.3, 0.4) is 0 Å². The molecule has 0 aliphatic rings. The Morgan fingerprint density at radius 1 is 1.50 bits per heavy atom. The molecule has 0 aromatic rings. The number of halogens is 1. The second kappa shape index (κ2) is 8.62. The summed E-state index contributed by atoms with van der Waals surface area (Å²) in [5.74, 6) is 0.520. The predicted octanol–water partition coefficient (Wildman–Crippen LogP) is 1.68. The van der Waals surface area contributed by atoms with E-state index in [9.17, 15) is 4.79 Å². The molecule has 4 nitrogen and oxygen atoms in total. The Bertz CT molecular complexity index is 121. The zero-order valence-electron chi connectivity index (χ0n) is 7.14. The normalized spacial score (nSPS) is 9.50. The number of carbonyl (C=O) groups excluding carboxylic acids is 1. The SMILES string of the molecule is CCCOC(=O)NOCCCCl. The average molecular weight is 196 g/mol. The van der Waals surface area contributed by atoms with Gasteiger partial charge < -0.3 is 4.74 Å². The summed E-state index contributed by atoms with van der Waals surface area (Å²) < 4.78 is 4.66. The van der Waals surface area contributed by atoms with Crippen molar-refractivity contribution in [1.29, 1.82) is 0 Å². The molecule has 0 aromatic heterocycles. The number of ether oxygens (including phenoxy) is 1. The number of nitrogens with one attached hydrogen (secondary N) is 1. The Balaban J connectivity index is 3.08. The molecule has 1 amide bonds. The Morgan fingerprint density at radius 3 is 2.83 bits per heavy atom. The lowest BCUT2D eigenvalue weighted by Crippen LogP contribution is -2.25. The average Bonchev–Trinajstić information content (AvgIpc) is 2.09. The van der Waals surface area contributed by atoms with Gasteiger partial charge in [0.25, 0.3) is 0 Å². The van der Waals surface area contributed by atoms with E-state index in [0.717, 1.165) is 6.42 Å². The molecule has 12 heavy (non-hydrogen) atoms. The number of hydrogen-bond acceptors (Lipinski definition) is 3. The van der Waals surface area contributed by atoms with E-state index < -0.39 is 6.09 Å². The van der Waals surface area contributed by atoms with Crippen LogP contribution in [0.15, 0.2) is 0 Å². The first-order valence-corrected chi connectivity index (χ1v) is 4.45. The van der Waals surface area contributed by atoms with Gasteiger partial charge in [-0.3, -0.25) is 4.84 Å². The molecule has 0 bridgehead atoms. The molecule has 0 aliphatic heterocycles. The summed E-state index contributed by atoms with van der Waals surface area (Å²) in [5.41, 5.74) is 2.13. The summed E-state index contributed by atoms with van der Waals surface area (Å²) in [6, 6.07) is 0. The van der Waals surface area contributed by atoms with Crippen LogP contribution < -0.4 is 5.48 Å². The molecule has 72 valence electrons. The summed E-state index contributed by atoms with van der Waals surface area (Å²) in [4.78, 5) is 15.4. The maximum Gasteiger partial charge on any atom is 0.431 e. The van der Waals surface area contributed by atoms with Crippen molar-refractivity contribution in [2.24, 2.45) is 0 Å². The summed E-state index contributed by atoms with van der Waals surface area (Å²) in [6.45, 7) is 2.73. The summed E-state index contributed by atoms with van der Waals surface area (Å²) in [6.07, 6.45) is 0.955. The van der Waals surface area contributed by atoms with Crippen LogP contribution in [0.1, 0.15) is 19.8 Å². The molecule has 0 aromatic carbocycles. The molecule has 0 atom stereocenters. The van der Waals surface area contributed by atoms with Gasteiger partial charge in [-0.2, -0.15) is 5.48 Å². The van der Waals surface area contributed by atoms with Gasteiger partial charge in [0.1, 0.15) is 0 Å². The second-order valence-electron chi connectivity index (χ2n) is 2.13. The number of hydrogen-bond donors (Lipinski definition) is 1. The van der Waals surface area contributed by atoms with E-state index >= 15 is 0 Å². The van der Waals surface area contributed by atoms with Crippen LogP contribution in [0.4, 0.5) is 4.79 Å². The second-order valence-corrected chi connectivity index (χ2v) is 2.51. The highest BCUT2D eigenvalue weighted by atomic mass is 35.5. The van der Waals surface area contributed by atoms with E-state index in [1.165, 1.54) is 0 Å². The van der Waals surface area contributed by atoms with Crippen molar-refractivity contribution in [1.82, 2.24) is 5.48 Å². The smallest absolute Gasteiger partial charge is 0.431 e. The maximum absolute atomic E-state index is 10.7. The Morgan fingerprint density at radius 2 is 2.25 bits per heavy atom. The van der Waals surface area contributed by atoms with Gasteiger partial charge in [-0.05, 0) is 12.8 Å². The summed E-state index contributed by atoms with van der Waals surface area (Å²) >= 11 is 5.38. The quantitative estimate of drug-likeness (QED) is 0.399. The van der Waals surface area contributed by atoms with E-state index in [0.29, 0.717) is 25.5 Å². The molecular weight excluding hydrogens is 182 g/mol. The minimum atomic E-state index is -0.550. The Hall–Kier alpha value is -0.480. The van der Waals surface area contributed by atoms with Crippen LogP contribution >= 0.6 is 11.6 Å². The van der Waals surface area contributed by atoms with Gasteiger partial charge in [0.05, 0.1) is 13.2 Å². The summed E-state index contributed by atoms with van der Waals surface area (Å²) in [5, 5.41) is 0. The van der Waals surface area contributed by atoms with Gasteiger partial charge in [-0.25, -0.2) is 4.79 Å². The molecule has 5 heteroatoms. The van der Waals surface area contributed by atoms with Crippen molar-refractivity contribution in [3.05, 3.63) is 0 Å². The van der Waals surface area contributed by atoms with E-state index in [2.05, 4.69) is 10.2 Å². The van der Waals surface area contributed by atoms with Gasteiger partial charge in [0, 0.05) is 5.88 Å². The topological polar surface area (TPSA) is 47.6 Å². The fourth-order valence-electron chi connectivity index (χ4n) is 0.461. The molecule has 0 aliphatic carbocycles. The van der Waals surface area contributed by atoms with Crippen molar-refractivity contribution in [2.75, 3.05) is 19.1 Å². The van der Waals surface area contributed by atoms with E-state index in [1.807, 2.05) is 6.92 Å². The number of rotatable bonds is 6. The van der Waals surface area contributed by atoms with Gasteiger partial charge in [0.15, 0.2) is 0 Å². The Labute approximate surface area is 77.1 Å². The lowest BCUT2D eigenvalue weighted by Gasteiger charge is -2.04. The number of alkyl halides is 1. The van der Waals surface area contributed by atoms with Crippen LogP contribution in [0.5, 0.6) is 0 Å². The van der Waals surface area contributed by atoms with Crippen LogP contribution in [0.2, 0.25) is 0 Å². The zero-order valence-corrected chi connectivity index (χ0v) is 7.89. The van der Waals surface area contributed by atoms with Crippen LogP contribution in [0, 0.1) is 0 Å². The Kier molecular flexibility index (Phi) is 8.27. The van der Waals surface area contributed by atoms with Gasteiger partial charge in [0.2, 0.25) is 0 Å². The molecule has 0 saturated heterocycles. The highest BCUT2D eigenvalue weighted by molar-refractivity contribution is 6.17. The first-order chi connectivity index (χ1) is 5.81. The fourth-order valence-corrected chi connectivity index (χ4v) is 0.570. The molecule has 0 fully saturated rings. The summed E-state index contributed by atoms with van der Waals surface area (Å²) in [7, 11) is 0. The van der Waals surface area contributed by atoms with Crippen LogP contribution in [-0.4, -0.2) is 25.2 Å². The molecular formula is C7H14ClNO3. The third-order valence-corrected chi connectivity index (χ3v) is 1.24. The fraction of sp³-hybridized carbons (Fsp3) is 0.857. The number of carbonyl (C=O) groups is 1. The maximum atomic E-state index is 10.7. The van der Waals surface area contributed by atoms with Crippen LogP contribution in [-0.2, 0) is 9.57 Å². The molecule has 0 unspecified atom stereocenters. The van der Waals surface area contributed by atoms with Crippen molar-refractivity contribution in [3.8, 4) is 0 Å². The first kappa shape index (κ1) is 11.5. The lowest BCUT2D eigenvalue weighted by atomic mass is 10.5. The predicted molar refractivity (Wildman–Crippen MR) is 46.1 cm³/mol. The van der Waals surface area contributed by atoms with Crippen LogP contribution in [0.25, 0.3) is 0 Å². The van der Waals surface area contributed by atoms with Crippen molar-refractivity contribution in [3.63, 3.8) is 0 Å². The van der Waals surface area contributed by atoms with E-state index in [-0.39, 0.29) is 0 Å². The zero-order chi connectivity index (χ0) is 9.23. The lowest BCUT2D eigenvalue weighted by molar-refractivity contribution is 0.0285. The third kappa shape index (κ3) is 7.63. The van der Waals surface area contributed by atoms with E-state index in [4.69, 9.17) is 16.4 Å². The molecule has 1 N–H and O–H groups in total. The molecule has 0 radical (unpaired) electrons. The van der Waals surface area contributed by atoms with Gasteiger partial charge in [-0.15, -0.1) is 11.6 Å². The van der Waals surface area contributed by atoms with Crippen molar-refractivity contribution >= 4 is 17.7 Å².